The number of hydrogen-bond acceptors (Lipinski definition) is 3. The van der Waals surface area contributed by atoms with Crippen LogP contribution in [-0.4, -0.2) is 32.1 Å². The van der Waals surface area contributed by atoms with E-state index in [9.17, 15) is 0 Å². The topological polar surface area (TPSA) is 24.5 Å². The van der Waals surface area contributed by atoms with Crippen LogP contribution in [0.15, 0.2) is 18.2 Å². The van der Waals surface area contributed by atoms with Gasteiger partial charge in [0.1, 0.15) is 5.75 Å². The summed E-state index contributed by atoms with van der Waals surface area (Å²) in [7, 11) is 5.93. The number of methoxy groups -OCH3 is 1. The summed E-state index contributed by atoms with van der Waals surface area (Å²) in [6.45, 7) is 3.21. The van der Waals surface area contributed by atoms with E-state index in [2.05, 4.69) is 49.4 Å². The largest absolute Gasteiger partial charge is 0.495 e. The maximum Gasteiger partial charge on any atom is 0.141 e. The minimum atomic E-state index is 0.587. The molecule has 3 nitrogen and oxygen atoms in total. The predicted octanol–water partition coefficient (Wildman–Crippen LogP) is 3.36. The van der Waals surface area contributed by atoms with Gasteiger partial charge in [-0.15, -0.1) is 0 Å². The number of rotatable bonds is 7. The second-order valence-corrected chi connectivity index (χ2v) is 5.77. The summed E-state index contributed by atoms with van der Waals surface area (Å²) >= 11 is 0. The van der Waals surface area contributed by atoms with E-state index in [1.165, 1.54) is 24.8 Å². The van der Waals surface area contributed by atoms with E-state index in [1.54, 1.807) is 7.11 Å². The third kappa shape index (κ3) is 3.87. The van der Waals surface area contributed by atoms with Crippen LogP contribution in [0.5, 0.6) is 5.75 Å². The van der Waals surface area contributed by atoms with Crippen LogP contribution >= 0.6 is 0 Å². The van der Waals surface area contributed by atoms with Crippen molar-refractivity contribution in [2.75, 3.05) is 26.5 Å². The standard InChI is InChI=1S/C16H26N2O/c1-5-14(13-7-8-13)17-15-10-12(11-18(2)3)6-9-16(15)19-4/h6,9-10,13-14,17H,5,7-8,11H2,1-4H3. The highest BCUT2D eigenvalue weighted by Gasteiger charge is 2.30. The van der Waals surface area contributed by atoms with Crippen LogP contribution in [0.1, 0.15) is 31.7 Å². The summed E-state index contributed by atoms with van der Waals surface area (Å²) < 4.78 is 5.47. The Balaban J connectivity index is 2.14. The molecule has 0 spiro atoms. The van der Waals surface area contributed by atoms with Crippen molar-refractivity contribution in [3.8, 4) is 5.75 Å². The summed E-state index contributed by atoms with van der Waals surface area (Å²) in [6.07, 6.45) is 3.90. The number of nitrogens with zero attached hydrogens (tertiary/aromatic N) is 1. The molecular weight excluding hydrogens is 236 g/mol. The molecule has 1 aliphatic carbocycles. The molecule has 0 aromatic heterocycles. The number of nitrogens with one attached hydrogen (secondary N) is 1. The maximum atomic E-state index is 5.47. The van der Waals surface area contributed by atoms with E-state index in [0.717, 1.165) is 23.9 Å². The van der Waals surface area contributed by atoms with Crippen molar-refractivity contribution in [1.29, 1.82) is 0 Å². The van der Waals surface area contributed by atoms with Crippen LogP contribution in [0, 0.1) is 5.92 Å². The molecule has 1 aromatic carbocycles. The molecule has 1 aliphatic rings. The molecule has 1 fully saturated rings. The smallest absolute Gasteiger partial charge is 0.141 e. The molecule has 1 unspecified atom stereocenters. The Hall–Kier alpha value is -1.22. The van der Waals surface area contributed by atoms with Gasteiger partial charge >= 0.3 is 0 Å². The van der Waals surface area contributed by atoms with E-state index in [4.69, 9.17) is 4.74 Å². The summed E-state index contributed by atoms with van der Waals surface area (Å²) in [5.41, 5.74) is 2.46. The van der Waals surface area contributed by atoms with Crippen LogP contribution < -0.4 is 10.1 Å². The Morgan fingerprint density at radius 1 is 1.37 bits per heavy atom. The van der Waals surface area contributed by atoms with Gasteiger partial charge in [-0.05, 0) is 57.0 Å². The second kappa shape index (κ2) is 6.29. The van der Waals surface area contributed by atoms with Gasteiger partial charge in [-0.25, -0.2) is 0 Å². The lowest BCUT2D eigenvalue weighted by Crippen LogP contribution is -2.21. The highest BCUT2D eigenvalue weighted by molar-refractivity contribution is 5.58. The van der Waals surface area contributed by atoms with Gasteiger partial charge in [0.15, 0.2) is 0 Å². The van der Waals surface area contributed by atoms with Crippen molar-refractivity contribution in [2.45, 2.75) is 38.8 Å². The monoisotopic (exact) mass is 262 g/mol. The summed E-state index contributed by atoms with van der Waals surface area (Å²) in [6, 6.07) is 7.02. The van der Waals surface area contributed by atoms with Crippen LogP contribution in [0.25, 0.3) is 0 Å². The van der Waals surface area contributed by atoms with Crippen LogP contribution in [-0.2, 0) is 6.54 Å². The molecule has 0 radical (unpaired) electrons. The summed E-state index contributed by atoms with van der Waals surface area (Å²) in [4.78, 5) is 2.18. The molecule has 1 atom stereocenters. The SMILES string of the molecule is CCC(Nc1cc(CN(C)C)ccc1OC)C1CC1. The van der Waals surface area contributed by atoms with E-state index in [-0.39, 0.29) is 0 Å². The van der Waals surface area contributed by atoms with Gasteiger partial charge in [-0.3, -0.25) is 0 Å². The highest BCUT2D eigenvalue weighted by atomic mass is 16.5. The fourth-order valence-corrected chi connectivity index (χ4v) is 2.58. The Labute approximate surface area is 116 Å². The number of benzene rings is 1. The molecule has 0 saturated heterocycles. The first-order valence-corrected chi connectivity index (χ1v) is 7.22. The second-order valence-electron chi connectivity index (χ2n) is 5.77. The van der Waals surface area contributed by atoms with Crippen molar-refractivity contribution >= 4 is 5.69 Å². The zero-order valence-corrected chi connectivity index (χ0v) is 12.6. The molecule has 0 amide bonds. The third-order valence-corrected chi connectivity index (χ3v) is 3.73. The quantitative estimate of drug-likeness (QED) is 0.815. The van der Waals surface area contributed by atoms with Gasteiger partial charge in [0.05, 0.1) is 12.8 Å². The van der Waals surface area contributed by atoms with Gasteiger partial charge in [0, 0.05) is 12.6 Å². The molecular formula is C16H26N2O. The van der Waals surface area contributed by atoms with Gasteiger partial charge in [0.2, 0.25) is 0 Å². The fraction of sp³-hybridized carbons (Fsp3) is 0.625. The average Bonchev–Trinajstić information content (AvgIpc) is 3.19. The number of hydrogen-bond donors (Lipinski definition) is 1. The first kappa shape index (κ1) is 14.2. The van der Waals surface area contributed by atoms with Crippen LogP contribution in [0.4, 0.5) is 5.69 Å². The van der Waals surface area contributed by atoms with E-state index >= 15 is 0 Å². The lowest BCUT2D eigenvalue weighted by molar-refractivity contribution is 0.400. The maximum absolute atomic E-state index is 5.47. The van der Waals surface area contributed by atoms with Gasteiger partial charge in [0.25, 0.3) is 0 Å². The van der Waals surface area contributed by atoms with Crippen molar-refractivity contribution in [1.82, 2.24) is 4.90 Å². The van der Waals surface area contributed by atoms with Gasteiger partial charge in [-0.1, -0.05) is 13.0 Å². The van der Waals surface area contributed by atoms with Crippen LogP contribution in [0.3, 0.4) is 0 Å². The van der Waals surface area contributed by atoms with Gasteiger partial charge < -0.3 is 15.0 Å². The molecule has 19 heavy (non-hydrogen) atoms. The molecule has 0 aliphatic heterocycles. The molecule has 1 saturated carbocycles. The number of ether oxygens (including phenoxy) is 1. The number of anilines is 1. The lowest BCUT2D eigenvalue weighted by Gasteiger charge is -2.21. The molecule has 1 aromatic rings. The van der Waals surface area contributed by atoms with Crippen molar-refractivity contribution < 1.29 is 4.74 Å². The minimum Gasteiger partial charge on any atom is -0.495 e. The molecule has 1 N–H and O–H groups in total. The summed E-state index contributed by atoms with van der Waals surface area (Å²) in [5.74, 6) is 1.80. The normalized spacial score (nSPS) is 16.5. The zero-order chi connectivity index (χ0) is 13.8. The average molecular weight is 262 g/mol. The van der Waals surface area contributed by atoms with Crippen molar-refractivity contribution in [3.05, 3.63) is 23.8 Å². The van der Waals surface area contributed by atoms with E-state index < -0.39 is 0 Å². The van der Waals surface area contributed by atoms with Gasteiger partial charge in [-0.2, -0.15) is 0 Å². The zero-order valence-electron chi connectivity index (χ0n) is 12.6. The van der Waals surface area contributed by atoms with E-state index in [0.29, 0.717) is 6.04 Å². The fourth-order valence-electron chi connectivity index (χ4n) is 2.58. The predicted molar refractivity (Wildman–Crippen MR) is 80.8 cm³/mol. The van der Waals surface area contributed by atoms with Crippen molar-refractivity contribution in [2.24, 2.45) is 5.92 Å². The molecule has 0 heterocycles. The molecule has 2 rings (SSSR count). The Morgan fingerprint density at radius 2 is 2.11 bits per heavy atom. The summed E-state index contributed by atoms with van der Waals surface area (Å²) in [5, 5.41) is 3.68. The highest BCUT2D eigenvalue weighted by Crippen LogP contribution is 2.37. The third-order valence-electron chi connectivity index (χ3n) is 3.73. The van der Waals surface area contributed by atoms with E-state index in [1.807, 2.05) is 0 Å². The molecule has 3 heteroatoms. The van der Waals surface area contributed by atoms with Crippen molar-refractivity contribution in [3.63, 3.8) is 0 Å². The first-order valence-electron chi connectivity index (χ1n) is 7.22. The minimum absolute atomic E-state index is 0.587. The Kier molecular flexibility index (Phi) is 4.70. The molecule has 0 bridgehead atoms. The molecule has 106 valence electrons. The van der Waals surface area contributed by atoms with Crippen LogP contribution in [0.2, 0.25) is 0 Å². The first-order chi connectivity index (χ1) is 9.13. The lowest BCUT2D eigenvalue weighted by atomic mass is 10.1. The Bertz CT molecular complexity index is 413. The Morgan fingerprint density at radius 3 is 2.63 bits per heavy atom.